The predicted molar refractivity (Wildman–Crippen MR) is 59.7 cm³/mol. The van der Waals surface area contributed by atoms with Crippen LogP contribution in [0.15, 0.2) is 30.5 Å². The van der Waals surface area contributed by atoms with E-state index in [2.05, 4.69) is 10.3 Å². The molecule has 0 aliphatic rings. The largest absolute Gasteiger partial charge is 0.361 e. The number of carbonyl (C=O) groups is 1. The summed E-state index contributed by atoms with van der Waals surface area (Å²) in [7, 11) is 0. The molecule has 1 aromatic heterocycles. The van der Waals surface area contributed by atoms with Gasteiger partial charge in [0.1, 0.15) is 0 Å². The molecule has 4 N–H and O–H groups in total. The summed E-state index contributed by atoms with van der Waals surface area (Å²) < 4.78 is 0. The van der Waals surface area contributed by atoms with Crippen molar-refractivity contribution in [1.29, 1.82) is 0 Å². The zero-order chi connectivity index (χ0) is 10.7. The van der Waals surface area contributed by atoms with Gasteiger partial charge in [0.2, 0.25) is 0 Å². The Morgan fingerprint density at radius 3 is 3.07 bits per heavy atom. The van der Waals surface area contributed by atoms with Gasteiger partial charge in [-0.3, -0.25) is 4.79 Å². The zero-order valence-corrected chi connectivity index (χ0v) is 8.29. The van der Waals surface area contributed by atoms with Gasteiger partial charge >= 0.3 is 0 Å². The summed E-state index contributed by atoms with van der Waals surface area (Å²) in [5.74, 6) is -0.0894. The number of aromatic amines is 1. The van der Waals surface area contributed by atoms with E-state index in [0.29, 0.717) is 18.7 Å². The number of para-hydroxylation sites is 1. The average Bonchev–Trinajstić information content (AvgIpc) is 2.73. The second-order valence-corrected chi connectivity index (χ2v) is 3.29. The summed E-state index contributed by atoms with van der Waals surface area (Å²) in [5, 5.41) is 3.78. The number of fused-ring (bicyclic) bond motifs is 1. The molecule has 0 unspecified atom stereocenters. The van der Waals surface area contributed by atoms with Crippen molar-refractivity contribution in [3.63, 3.8) is 0 Å². The Morgan fingerprint density at radius 2 is 2.27 bits per heavy atom. The van der Waals surface area contributed by atoms with Crippen LogP contribution in [0.1, 0.15) is 10.4 Å². The molecule has 1 amide bonds. The molecule has 1 heterocycles. The highest BCUT2D eigenvalue weighted by Gasteiger charge is 2.08. The highest BCUT2D eigenvalue weighted by molar-refractivity contribution is 6.05. The first-order valence-electron chi connectivity index (χ1n) is 4.87. The number of nitrogens with two attached hydrogens (primary N) is 1. The van der Waals surface area contributed by atoms with Crippen molar-refractivity contribution in [3.05, 3.63) is 36.0 Å². The number of rotatable bonds is 3. The lowest BCUT2D eigenvalue weighted by molar-refractivity contribution is 0.0956. The van der Waals surface area contributed by atoms with Crippen LogP contribution < -0.4 is 11.1 Å². The lowest BCUT2D eigenvalue weighted by atomic mass is 10.1. The summed E-state index contributed by atoms with van der Waals surface area (Å²) in [6.45, 7) is 0.947. The van der Waals surface area contributed by atoms with E-state index in [1.807, 2.05) is 24.4 Å². The summed E-state index contributed by atoms with van der Waals surface area (Å²) in [6, 6.07) is 7.57. The van der Waals surface area contributed by atoms with Gasteiger partial charge in [0.15, 0.2) is 0 Å². The normalized spacial score (nSPS) is 10.5. The molecule has 15 heavy (non-hydrogen) atoms. The van der Waals surface area contributed by atoms with E-state index in [-0.39, 0.29) is 5.91 Å². The average molecular weight is 203 g/mol. The molecule has 0 spiro atoms. The van der Waals surface area contributed by atoms with Gasteiger partial charge in [-0.2, -0.15) is 0 Å². The van der Waals surface area contributed by atoms with E-state index in [4.69, 9.17) is 5.73 Å². The van der Waals surface area contributed by atoms with Gasteiger partial charge in [0.25, 0.3) is 5.91 Å². The Kier molecular flexibility index (Phi) is 2.69. The highest BCUT2D eigenvalue weighted by Crippen LogP contribution is 2.16. The molecule has 0 atom stereocenters. The third-order valence-corrected chi connectivity index (χ3v) is 2.26. The number of carbonyl (C=O) groups excluding carboxylic acids is 1. The van der Waals surface area contributed by atoms with Gasteiger partial charge in [-0.15, -0.1) is 0 Å². The van der Waals surface area contributed by atoms with Crippen molar-refractivity contribution >= 4 is 16.8 Å². The van der Waals surface area contributed by atoms with E-state index in [1.165, 1.54) is 0 Å². The Morgan fingerprint density at radius 1 is 1.40 bits per heavy atom. The van der Waals surface area contributed by atoms with Gasteiger partial charge in [0, 0.05) is 24.7 Å². The van der Waals surface area contributed by atoms with Crippen LogP contribution in [0.3, 0.4) is 0 Å². The zero-order valence-electron chi connectivity index (χ0n) is 8.29. The number of benzene rings is 1. The monoisotopic (exact) mass is 203 g/mol. The van der Waals surface area contributed by atoms with Gasteiger partial charge in [-0.05, 0) is 12.1 Å². The fraction of sp³-hybridized carbons (Fsp3) is 0.182. The van der Waals surface area contributed by atoms with E-state index >= 15 is 0 Å². The second-order valence-electron chi connectivity index (χ2n) is 3.29. The minimum absolute atomic E-state index is 0.0894. The number of aromatic nitrogens is 1. The summed E-state index contributed by atoms with van der Waals surface area (Å²) in [4.78, 5) is 14.8. The lowest BCUT2D eigenvalue weighted by Gasteiger charge is -2.04. The molecule has 4 nitrogen and oxygen atoms in total. The number of hydrogen-bond acceptors (Lipinski definition) is 2. The summed E-state index contributed by atoms with van der Waals surface area (Å²) in [6.07, 6.45) is 1.82. The number of amides is 1. The fourth-order valence-corrected chi connectivity index (χ4v) is 1.56. The van der Waals surface area contributed by atoms with E-state index in [9.17, 15) is 4.79 Å². The Bertz CT molecular complexity index is 475. The first-order valence-corrected chi connectivity index (χ1v) is 4.87. The minimum atomic E-state index is -0.0894. The number of H-pyrrole nitrogens is 1. The molecular formula is C11H13N3O. The van der Waals surface area contributed by atoms with Crippen LogP contribution in [0.25, 0.3) is 10.9 Å². The minimum Gasteiger partial charge on any atom is -0.361 e. The smallest absolute Gasteiger partial charge is 0.253 e. The van der Waals surface area contributed by atoms with Crippen molar-refractivity contribution in [3.8, 4) is 0 Å². The number of hydrogen-bond donors (Lipinski definition) is 3. The van der Waals surface area contributed by atoms with Gasteiger partial charge < -0.3 is 16.0 Å². The summed E-state index contributed by atoms with van der Waals surface area (Å²) in [5.41, 5.74) is 6.85. The highest BCUT2D eigenvalue weighted by atomic mass is 16.1. The van der Waals surface area contributed by atoms with E-state index in [0.717, 1.165) is 10.9 Å². The maximum Gasteiger partial charge on any atom is 0.253 e. The standard InChI is InChI=1S/C11H13N3O/c12-5-7-14-11(15)9-3-1-2-8-4-6-13-10(8)9/h1-4,6,13H,5,7,12H2,(H,14,15). The fourth-order valence-electron chi connectivity index (χ4n) is 1.56. The lowest BCUT2D eigenvalue weighted by Crippen LogP contribution is -2.29. The molecule has 0 radical (unpaired) electrons. The predicted octanol–water partition coefficient (Wildman–Crippen LogP) is 0.856. The number of nitrogens with one attached hydrogen (secondary N) is 2. The Balaban J connectivity index is 2.34. The maximum atomic E-state index is 11.7. The van der Waals surface area contributed by atoms with Crippen LogP contribution in [-0.2, 0) is 0 Å². The third kappa shape index (κ3) is 1.85. The van der Waals surface area contributed by atoms with E-state index < -0.39 is 0 Å². The topological polar surface area (TPSA) is 70.9 Å². The molecule has 0 aliphatic heterocycles. The maximum absolute atomic E-state index is 11.7. The Hall–Kier alpha value is -1.81. The van der Waals surface area contributed by atoms with Crippen LogP contribution in [0.5, 0.6) is 0 Å². The molecule has 0 bridgehead atoms. The molecule has 1 aromatic carbocycles. The van der Waals surface area contributed by atoms with Gasteiger partial charge in [-0.1, -0.05) is 12.1 Å². The van der Waals surface area contributed by atoms with Crippen LogP contribution in [0, 0.1) is 0 Å². The van der Waals surface area contributed by atoms with Crippen LogP contribution in [0.2, 0.25) is 0 Å². The molecular weight excluding hydrogens is 190 g/mol. The molecule has 78 valence electrons. The van der Waals surface area contributed by atoms with Crippen molar-refractivity contribution in [2.24, 2.45) is 5.73 Å². The van der Waals surface area contributed by atoms with Crippen LogP contribution >= 0.6 is 0 Å². The second kappa shape index (κ2) is 4.14. The summed E-state index contributed by atoms with van der Waals surface area (Å²) >= 11 is 0. The molecule has 0 fully saturated rings. The van der Waals surface area contributed by atoms with Gasteiger partial charge in [0.05, 0.1) is 11.1 Å². The Labute approximate surface area is 87.5 Å². The molecule has 0 aliphatic carbocycles. The van der Waals surface area contributed by atoms with E-state index in [1.54, 1.807) is 6.07 Å². The van der Waals surface area contributed by atoms with Crippen LogP contribution in [-0.4, -0.2) is 24.0 Å². The first kappa shape index (κ1) is 9.73. The van der Waals surface area contributed by atoms with Crippen molar-refractivity contribution < 1.29 is 4.79 Å². The third-order valence-electron chi connectivity index (χ3n) is 2.26. The van der Waals surface area contributed by atoms with Crippen molar-refractivity contribution in [2.45, 2.75) is 0 Å². The molecule has 2 aromatic rings. The molecule has 2 rings (SSSR count). The molecule has 4 heteroatoms. The van der Waals surface area contributed by atoms with Crippen molar-refractivity contribution in [1.82, 2.24) is 10.3 Å². The first-order chi connectivity index (χ1) is 7.33. The molecule has 0 saturated carbocycles. The van der Waals surface area contributed by atoms with Crippen LogP contribution in [0.4, 0.5) is 0 Å². The SMILES string of the molecule is NCCNC(=O)c1cccc2cc[nH]c12. The van der Waals surface area contributed by atoms with Crippen molar-refractivity contribution in [2.75, 3.05) is 13.1 Å². The quantitative estimate of drug-likeness (QED) is 0.692. The molecule has 0 saturated heterocycles. The van der Waals surface area contributed by atoms with Gasteiger partial charge in [-0.25, -0.2) is 0 Å².